The maximum Gasteiger partial charge on any atom is 0.250 e. The minimum Gasteiger partial charge on any atom is -0.395 e. The Hall–Kier alpha value is -0.140. The van der Waals surface area contributed by atoms with Gasteiger partial charge in [0.15, 0.2) is 0 Å². The van der Waals surface area contributed by atoms with Crippen molar-refractivity contribution in [1.29, 1.82) is 0 Å². The minimum atomic E-state index is -3.61. The standard InChI is InChI=1S/C12H20ClNO3S2/c1-8(2)6-9(3)10(7-15)14-19(16,17)12-5-4-11(13)18-12/h4-5,8-10,14-15H,6-7H2,1-3H3/t9-,10-/m1/s1. The summed E-state index contributed by atoms with van der Waals surface area (Å²) in [5.74, 6) is 0.514. The Morgan fingerprint density at radius 3 is 2.42 bits per heavy atom. The highest BCUT2D eigenvalue weighted by atomic mass is 35.5. The molecule has 2 atom stereocenters. The third kappa shape index (κ3) is 5.04. The normalized spacial score (nSPS) is 15.7. The first-order chi connectivity index (χ1) is 8.76. The van der Waals surface area contributed by atoms with Crippen LogP contribution in [0.2, 0.25) is 4.34 Å². The fraction of sp³-hybridized carbons (Fsp3) is 0.667. The van der Waals surface area contributed by atoms with Gasteiger partial charge in [0.25, 0.3) is 0 Å². The quantitative estimate of drug-likeness (QED) is 0.810. The van der Waals surface area contributed by atoms with Gasteiger partial charge in [-0.05, 0) is 30.4 Å². The van der Waals surface area contributed by atoms with Crippen LogP contribution in [0, 0.1) is 11.8 Å². The molecule has 0 aliphatic carbocycles. The van der Waals surface area contributed by atoms with Gasteiger partial charge in [-0.15, -0.1) is 11.3 Å². The van der Waals surface area contributed by atoms with Crippen LogP contribution in [0.15, 0.2) is 16.3 Å². The van der Waals surface area contributed by atoms with E-state index in [2.05, 4.69) is 18.6 Å². The van der Waals surface area contributed by atoms with Crippen molar-refractivity contribution in [3.8, 4) is 0 Å². The highest BCUT2D eigenvalue weighted by molar-refractivity contribution is 7.91. The second-order valence-electron chi connectivity index (χ2n) is 5.08. The van der Waals surface area contributed by atoms with Crippen molar-refractivity contribution in [3.63, 3.8) is 0 Å². The first kappa shape index (κ1) is 16.9. The van der Waals surface area contributed by atoms with Crippen LogP contribution in [0.1, 0.15) is 27.2 Å². The second-order valence-corrected chi connectivity index (χ2v) is 8.73. The van der Waals surface area contributed by atoms with Crippen molar-refractivity contribution < 1.29 is 13.5 Å². The molecule has 0 bridgehead atoms. The number of thiophene rings is 1. The summed E-state index contributed by atoms with van der Waals surface area (Å²) < 4.78 is 27.4. The molecule has 19 heavy (non-hydrogen) atoms. The van der Waals surface area contributed by atoms with E-state index in [4.69, 9.17) is 11.6 Å². The molecule has 1 aromatic heterocycles. The molecular formula is C12H20ClNO3S2. The zero-order valence-electron chi connectivity index (χ0n) is 11.3. The van der Waals surface area contributed by atoms with Crippen LogP contribution >= 0.6 is 22.9 Å². The molecule has 0 unspecified atom stereocenters. The molecule has 0 amide bonds. The molecule has 110 valence electrons. The topological polar surface area (TPSA) is 66.4 Å². The summed E-state index contributed by atoms with van der Waals surface area (Å²) in [5, 5.41) is 9.38. The Bertz CT molecular complexity index is 499. The average Bonchev–Trinajstić information content (AvgIpc) is 2.72. The van der Waals surface area contributed by atoms with E-state index in [1.165, 1.54) is 6.07 Å². The monoisotopic (exact) mass is 325 g/mol. The van der Waals surface area contributed by atoms with E-state index in [9.17, 15) is 13.5 Å². The molecule has 0 aromatic carbocycles. The smallest absolute Gasteiger partial charge is 0.250 e. The molecule has 4 nitrogen and oxygen atoms in total. The molecule has 0 aliphatic rings. The van der Waals surface area contributed by atoms with Gasteiger partial charge >= 0.3 is 0 Å². The Balaban J connectivity index is 2.80. The number of sulfonamides is 1. The molecule has 0 spiro atoms. The number of rotatable bonds is 7. The summed E-state index contributed by atoms with van der Waals surface area (Å²) in [6, 6.07) is 2.54. The van der Waals surface area contributed by atoms with E-state index in [1.807, 2.05) is 6.92 Å². The molecule has 1 aromatic rings. The number of hydrogen-bond acceptors (Lipinski definition) is 4. The van der Waals surface area contributed by atoms with Crippen LogP contribution in [-0.2, 0) is 10.0 Å². The van der Waals surface area contributed by atoms with E-state index in [-0.39, 0.29) is 16.7 Å². The van der Waals surface area contributed by atoms with Crippen molar-refractivity contribution in [3.05, 3.63) is 16.5 Å². The highest BCUT2D eigenvalue weighted by Crippen LogP contribution is 2.26. The molecule has 7 heteroatoms. The van der Waals surface area contributed by atoms with Crippen LogP contribution in [0.25, 0.3) is 0 Å². The fourth-order valence-corrected chi connectivity index (χ4v) is 4.78. The molecule has 0 radical (unpaired) electrons. The van der Waals surface area contributed by atoms with Crippen molar-refractivity contribution in [2.24, 2.45) is 11.8 Å². The Labute approximate surface area is 123 Å². The molecule has 0 fully saturated rings. The van der Waals surface area contributed by atoms with Gasteiger partial charge in [-0.25, -0.2) is 13.1 Å². The lowest BCUT2D eigenvalue weighted by atomic mass is 9.93. The number of aliphatic hydroxyl groups excluding tert-OH is 1. The molecule has 0 saturated carbocycles. The van der Waals surface area contributed by atoms with Crippen LogP contribution in [0.3, 0.4) is 0 Å². The second kappa shape index (κ2) is 7.04. The number of nitrogens with one attached hydrogen (secondary N) is 1. The van der Waals surface area contributed by atoms with Gasteiger partial charge in [0.05, 0.1) is 10.9 Å². The van der Waals surface area contributed by atoms with Gasteiger partial charge in [0.2, 0.25) is 10.0 Å². The van der Waals surface area contributed by atoms with Crippen LogP contribution < -0.4 is 4.72 Å². The Morgan fingerprint density at radius 2 is 2.00 bits per heavy atom. The maximum absolute atomic E-state index is 12.1. The highest BCUT2D eigenvalue weighted by Gasteiger charge is 2.25. The molecule has 1 rings (SSSR count). The zero-order chi connectivity index (χ0) is 14.6. The van der Waals surface area contributed by atoms with Crippen LogP contribution in [-0.4, -0.2) is 26.2 Å². The number of aliphatic hydroxyl groups is 1. The summed E-state index contributed by atoms with van der Waals surface area (Å²) in [5.41, 5.74) is 0. The number of hydrogen-bond donors (Lipinski definition) is 2. The molecule has 0 aliphatic heterocycles. The van der Waals surface area contributed by atoms with E-state index >= 15 is 0 Å². The third-order valence-electron chi connectivity index (χ3n) is 2.85. The van der Waals surface area contributed by atoms with E-state index in [0.717, 1.165) is 17.8 Å². The lowest BCUT2D eigenvalue weighted by molar-refractivity contribution is 0.208. The van der Waals surface area contributed by atoms with Gasteiger partial charge < -0.3 is 5.11 Å². The Kier molecular flexibility index (Phi) is 6.26. The third-order valence-corrected chi connectivity index (χ3v) is 6.06. The minimum absolute atomic E-state index is 0.0650. The first-order valence-electron chi connectivity index (χ1n) is 6.14. The summed E-state index contributed by atoms with van der Waals surface area (Å²) >= 11 is 6.75. The van der Waals surface area contributed by atoms with Crippen molar-refractivity contribution in [2.45, 2.75) is 37.4 Å². The first-order valence-corrected chi connectivity index (χ1v) is 8.82. The van der Waals surface area contributed by atoms with E-state index < -0.39 is 16.1 Å². The zero-order valence-corrected chi connectivity index (χ0v) is 13.6. The predicted molar refractivity (Wildman–Crippen MR) is 79.1 cm³/mol. The van der Waals surface area contributed by atoms with Gasteiger partial charge in [0.1, 0.15) is 4.21 Å². The van der Waals surface area contributed by atoms with Crippen LogP contribution in [0.5, 0.6) is 0 Å². The number of halogens is 1. The predicted octanol–water partition coefficient (Wildman–Crippen LogP) is 2.72. The van der Waals surface area contributed by atoms with Gasteiger partial charge in [-0.3, -0.25) is 0 Å². The molecule has 1 heterocycles. The van der Waals surface area contributed by atoms with Crippen molar-refractivity contribution in [2.75, 3.05) is 6.61 Å². The van der Waals surface area contributed by atoms with E-state index in [1.54, 1.807) is 6.07 Å². The molecule has 0 saturated heterocycles. The fourth-order valence-electron chi connectivity index (χ4n) is 1.94. The summed E-state index contributed by atoms with van der Waals surface area (Å²) in [7, 11) is -3.61. The summed E-state index contributed by atoms with van der Waals surface area (Å²) in [6.45, 7) is 5.86. The van der Waals surface area contributed by atoms with Crippen LogP contribution in [0.4, 0.5) is 0 Å². The average molecular weight is 326 g/mol. The maximum atomic E-state index is 12.1. The summed E-state index contributed by atoms with van der Waals surface area (Å²) in [4.78, 5) is 0. The molecule has 2 N–H and O–H groups in total. The van der Waals surface area contributed by atoms with Gasteiger partial charge in [-0.1, -0.05) is 32.4 Å². The molecular weight excluding hydrogens is 306 g/mol. The lowest BCUT2D eigenvalue weighted by Crippen LogP contribution is -2.42. The SMILES string of the molecule is CC(C)C[C@@H](C)[C@@H](CO)NS(=O)(=O)c1ccc(Cl)s1. The van der Waals surface area contributed by atoms with Crippen molar-refractivity contribution >= 4 is 33.0 Å². The van der Waals surface area contributed by atoms with Gasteiger partial charge in [-0.2, -0.15) is 0 Å². The van der Waals surface area contributed by atoms with Gasteiger partial charge in [0, 0.05) is 6.04 Å². The van der Waals surface area contributed by atoms with E-state index in [0.29, 0.717) is 10.3 Å². The summed E-state index contributed by atoms with van der Waals surface area (Å²) in [6.07, 6.45) is 0.846. The Morgan fingerprint density at radius 1 is 1.37 bits per heavy atom. The largest absolute Gasteiger partial charge is 0.395 e. The van der Waals surface area contributed by atoms with Crippen molar-refractivity contribution in [1.82, 2.24) is 4.72 Å². The lowest BCUT2D eigenvalue weighted by Gasteiger charge is -2.24.